The standard InChI is InChI=1S/C30H37FN4O4/c1-30(2,3)39-29(38)34-15-16-35(26(19-34)21-7-6-8-22(31)17-21)28(37)24-12-11-23(32-27(36)20-9-10-20)18-25(24)33-13-4-5-14-33/h6-8,11-12,17-18,20,26H,4-5,9-10,13-16,19H2,1-3H3,(H,32,36). The van der Waals surface area contributed by atoms with Gasteiger partial charge in [-0.25, -0.2) is 9.18 Å². The summed E-state index contributed by atoms with van der Waals surface area (Å²) in [4.78, 5) is 45.0. The summed E-state index contributed by atoms with van der Waals surface area (Å²) < 4.78 is 19.9. The van der Waals surface area contributed by atoms with E-state index in [1.165, 1.54) is 12.1 Å². The molecule has 2 heterocycles. The summed E-state index contributed by atoms with van der Waals surface area (Å²) in [5, 5.41) is 3.00. The van der Waals surface area contributed by atoms with Gasteiger partial charge in [-0.3, -0.25) is 9.59 Å². The maximum Gasteiger partial charge on any atom is 0.410 e. The number of piperazine rings is 1. The third-order valence-electron chi connectivity index (χ3n) is 7.42. The Labute approximate surface area is 229 Å². The number of rotatable bonds is 5. The third kappa shape index (κ3) is 6.34. The van der Waals surface area contributed by atoms with E-state index in [0.29, 0.717) is 23.4 Å². The van der Waals surface area contributed by atoms with Crippen LogP contribution < -0.4 is 10.2 Å². The number of amides is 3. The molecule has 0 radical (unpaired) electrons. The molecule has 9 heteroatoms. The number of benzene rings is 2. The highest BCUT2D eigenvalue weighted by atomic mass is 19.1. The molecular formula is C30H37FN4O4. The predicted octanol–water partition coefficient (Wildman–Crippen LogP) is 5.21. The number of halogens is 1. The van der Waals surface area contributed by atoms with E-state index in [1.807, 2.05) is 26.8 Å². The van der Waals surface area contributed by atoms with Crippen LogP contribution in [0, 0.1) is 11.7 Å². The molecule has 1 saturated carbocycles. The molecule has 1 atom stereocenters. The van der Waals surface area contributed by atoms with Crippen LogP contribution in [0.15, 0.2) is 42.5 Å². The number of carbonyl (C=O) groups excluding carboxylic acids is 3. The Morgan fingerprint density at radius 2 is 1.72 bits per heavy atom. The lowest BCUT2D eigenvalue weighted by atomic mass is 10.00. The van der Waals surface area contributed by atoms with E-state index < -0.39 is 23.6 Å². The van der Waals surface area contributed by atoms with Crippen LogP contribution in [0.25, 0.3) is 0 Å². The van der Waals surface area contributed by atoms with Gasteiger partial charge >= 0.3 is 6.09 Å². The minimum absolute atomic E-state index is 0.0193. The Hall–Kier alpha value is -3.62. The summed E-state index contributed by atoms with van der Waals surface area (Å²) in [7, 11) is 0. The van der Waals surface area contributed by atoms with Crippen molar-refractivity contribution in [3.8, 4) is 0 Å². The maximum atomic E-state index is 14.3. The lowest BCUT2D eigenvalue weighted by Crippen LogP contribution is -2.53. The molecule has 2 saturated heterocycles. The van der Waals surface area contributed by atoms with Crippen molar-refractivity contribution in [2.45, 2.75) is 58.1 Å². The number of carbonyl (C=O) groups is 3. The predicted molar refractivity (Wildman–Crippen MR) is 147 cm³/mol. The zero-order valence-corrected chi connectivity index (χ0v) is 22.9. The van der Waals surface area contributed by atoms with Gasteiger partial charge in [-0.1, -0.05) is 12.1 Å². The molecule has 0 aromatic heterocycles. The Balaban J connectivity index is 1.45. The van der Waals surface area contributed by atoms with E-state index >= 15 is 0 Å². The van der Waals surface area contributed by atoms with Gasteiger partial charge in [-0.2, -0.15) is 0 Å². The topological polar surface area (TPSA) is 82.2 Å². The van der Waals surface area contributed by atoms with Gasteiger partial charge in [0.15, 0.2) is 0 Å². The number of hydrogen-bond donors (Lipinski definition) is 1. The van der Waals surface area contributed by atoms with Gasteiger partial charge in [0.05, 0.1) is 17.3 Å². The summed E-state index contributed by atoms with van der Waals surface area (Å²) in [6.45, 7) is 7.88. The molecule has 5 rings (SSSR count). The lowest BCUT2D eigenvalue weighted by Gasteiger charge is -2.42. The van der Waals surface area contributed by atoms with Gasteiger partial charge in [-0.15, -0.1) is 0 Å². The van der Waals surface area contributed by atoms with E-state index in [0.717, 1.165) is 44.5 Å². The van der Waals surface area contributed by atoms with Crippen molar-refractivity contribution in [2.24, 2.45) is 5.92 Å². The van der Waals surface area contributed by atoms with Gasteiger partial charge in [0, 0.05) is 44.3 Å². The summed E-state index contributed by atoms with van der Waals surface area (Å²) in [5.41, 5.74) is 1.97. The number of hydrogen-bond acceptors (Lipinski definition) is 5. The fraction of sp³-hybridized carbons (Fsp3) is 0.500. The minimum Gasteiger partial charge on any atom is -0.444 e. The van der Waals surface area contributed by atoms with Crippen LogP contribution in [-0.4, -0.2) is 66.0 Å². The molecule has 3 fully saturated rings. The molecule has 1 aliphatic carbocycles. The Kier molecular flexibility index (Phi) is 7.51. The van der Waals surface area contributed by atoms with E-state index in [-0.39, 0.29) is 30.8 Å². The van der Waals surface area contributed by atoms with Crippen LogP contribution in [-0.2, 0) is 9.53 Å². The quantitative estimate of drug-likeness (QED) is 0.568. The van der Waals surface area contributed by atoms with Crippen molar-refractivity contribution in [2.75, 3.05) is 42.9 Å². The van der Waals surface area contributed by atoms with E-state index in [1.54, 1.807) is 34.1 Å². The van der Waals surface area contributed by atoms with Gasteiger partial charge in [0.25, 0.3) is 5.91 Å². The van der Waals surface area contributed by atoms with Gasteiger partial charge < -0.3 is 24.8 Å². The first-order valence-electron chi connectivity index (χ1n) is 13.8. The minimum atomic E-state index is -0.653. The largest absolute Gasteiger partial charge is 0.444 e. The first-order chi connectivity index (χ1) is 18.6. The fourth-order valence-electron chi connectivity index (χ4n) is 5.27. The number of nitrogens with one attached hydrogen (secondary N) is 1. The maximum absolute atomic E-state index is 14.3. The first kappa shape index (κ1) is 27.0. The van der Waals surface area contributed by atoms with Crippen molar-refractivity contribution in [1.29, 1.82) is 0 Å². The summed E-state index contributed by atoms with van der Waals surface area (Å²) in [5.74, 6) is -0.487. The lowest BCUT2D eigenvalue weighted by molar-refractivity contribution is -0.117. The van der Waals surface area contributed by atoms with Crippen LogP contribution in [0.5, 0.6) is 0 Å². The zero-order chi connectivity index (χ0) is 27.7. The normalized spacial score (nSPS) is 19.7. The average molecular weight is 537 g/mol. The fourth-order valence-corrected chi connectivity index (χ4v) is 5.27. The van der Waals surface area contributed by atoms with Crippen molar-refractivity contribution >= 4 is 29.3 Å². The molecule has 2 aliphatic heterocycles. The van der Waals surface area contributed by atoms with Gasteiger partial charge in [-0.05, 0) is 82.3 Å². The molecule has 2 aromatic carbocycles. The molecular weight excluding hydrogens is 499 g/mol. The van der Waals surface area contributed by atoms with E-state index in [4.69, 9.17) is 4.74 Å². The van der Waals surface area contributed by atoms with E-state index in [2.05, 4.69) is 10.2 Å². The molecule has 39 heavy (non-hydrogen) atoms. The van der Waals surface area contributed by atoms with Crippen molar-refractivity contribution in [1.82, 2.24) is 9.80 Å². The highest BCUT2D eigenvalue weighted by molar-refractivity contribution is 6.02. The third-order valence-corrected chi connectivity index (χ3v) is 7.42. The molecule has 1 N–H and O–H groups in total. The van der Waals surface area contributed by atoms with Gasteiger partial charge in [0.2, 0.25) is 5.91 Å². The van der Waals surface area contributed by atoms with Crippen molar-refractivity contribution in [3.05, 3.63) is 59.4 Å². The average Bonchev–Trinajstić information content (AvgIpc) is 3.61. The molecule has 1 unspecified atom stereocenters. The number of ether oxygens (including phenoxy) is 1. The Morgan fingerprint density at radius 3 is 2.38 bits per heavy atom. The molecule has 0 bridgehead atoms. The molecule has 8 nitrogen and oxygen atoms in total. The zero-order valence-electron chi connectivity index (χ0n) is 22.9. The second kappa shape index (κ2) is 10.9. The van der Waals surface area contributed by atoms with Gasteiger partial charge in [0.1, 0.15) is 11.4 Å². The molecule has 3 aliphatic rings. The SMILES string of the molecule is CC(C)(C)OC(=O)N1CCN(C(=O)c2ccc(NC(=O)C3CC3)cc2N2CCCC2)C(c2cccc(F)c2)C1. The Morgan fingerprint density at radius 1 is 0.974 bits per heavy atom. The first-order valence-corrected chi connectivity index (χ1v) is 13.8. The van der Waals surface area contributed by atoms with Crippen LogP contribution in [0.3, 0.4) is 0 Å². The number of nitrogens with zero attached hydrogens (tertiary/aromatic N) is 3. The summed E-state index contributed by atoms with van der Waals surface area (Å²) >= 11 is 0. The van der Waals surface area contributed by atoms with Crippen molar-refractivity contribution in [3.63, 3.8) is 0 Å². The summed E-state index contributed by atoms with van der Waals surface area (Å²) in [6.07, 6.45) is 3.44. The second-order valence-electron chi connectivity index (χ2n) is 11.7. The Bertz CT molecular complexity index is 1250. The van der Waals surface area contributed by atoms with Crippen molar-refractivity contribution < 1.29 is 23.5 Å². The second-order valence-corrected chi connectivity index (χ2v) is 11.7. The molecule has 0 spiro atoms. The highest BCUT2D eigenvalue weighted by Gasteiger charge is 2.37. The van der Waals surface area contributed by atoms with Crippen LogP contribution >= 0.6 is 0 Å². The molecule has 3 amide bonds. The van der Waals surface area contributed by atoms with E-state index in [9.17, 15) is 18.8 Å². The van der Waals surface area contributed by atoms with Crippen LogP contribution in [0.1, 0.15) is 68.4 Å². The number of anilines is 2. The highest BCUT2D eigenvalue weighted by Crippen LogP contribution is 2.35. The van der Waals surface area contributed by atoms with Crippen LogP contribution in [0.4, 0.5) is 20.6 Å². The smallest absolute Gasteiger partial charge is 0.410 e. The molecule has 208 valence electrons. The summed E-state index contributed by atoms with van der Waals surface area (Å²) in [6, 6.07) is 11.1. The van der Waals surface area contributed by atoms with Crippen LogP contribution in [0.2, 0.25) is 0 Å². The monoisotopic (exact) mass is 536 g/mol. The molecule has 2 aromatic rings.